The van der Waals surface area contributed by atoms with E-state index in [0.29, 0.717) is 0 Å². The Morgan fingerprint density at radius 1 is 0.765 bits per heavy atom. The molecule has 4 aromatic carbocycles. The van der Waals surface area contributed by atoms with Crippen LogP contribution in [0.25, 0.3) is 32.3 Å². The summed E-state index contributed by atoms with van der Waals surface area (Å²) in [5.41, 5.74) is 0. The van der Waals surface area contributed by atoms with Crippen LogP contribution in [0.1, 0.15) is 12.3 Å². The van der Waals surface area contributed by atoms with Gasteiger partial charge in [0.2, 0.25) is 0 Å². The molecule has 0 fully saturated rings. The zero-order valence-corrected chi connectivity index (χ0v) is 9.96. The van der Waals surface area contributed by atoms with Crippen molar-refractivity contribution in [2.45, 2.75) is 0 Å². The minimum Gasteiger partial charge on any atom is -0.0610 e. The van der Waals surface area contributed by atoms with Crippen molar-refractivity contribution in [1.29, 1.82) is 0 Å². The quantitative estimate of drug-likeness (QED) is 0.383. The summed E-state index contributed by atoms with van der Waals surface area (Å²) in [6, 6.07) is -3.18. The molecular formula is C16H9Br. The monoisotopic (exact) mass is 289 g/mol. The Morgan fingerprint density at radius 2 is 1.41 bits per heavy atom. The molecule has 0 spiro atoms. The molecular weight excluding hydrogens is 272 g/mol. The number of rotatable bonds is 0. The molecule has 17 heavy (non-hydrogen) atoms. The number of hydrogen-bond acceptors (Lipinski definition) is 0. The van der Waals surface area contributed by atoms with Crippen LogP contribution in [-0.2, 0) is 0 Å². The van der Waals surface area contributed by atoms with Crippen molar-refractivity contribution in [1.82, 2.24) is 0 Å². The highest BCUT2D eigenvalue weighted by Crippen LogP contribution is 2.37. The van der Waals surface area contributed by atoms with E-state index < -0.39 is 12.1 Å². The van der Waals surface area contributed by atoms with Gasteiger partial charge in [0, 0.05) is 4.47 Å². The maximum atomic E-state index is 8.38. The van der Waals surface area contributed by atoms with E-state index >= 15 is 0 Å². The van der Waals surface area contributed by atoms with Crippen LogP contribution in [0.2, 0.25) is 0 Å². The predicted molar refractivity (Wildman–Crippen MR) is 77.8 cm³/mol. The fourth-order valence-corrected chi connectivity index (χ4v) is 2.55. The molecule has 4 aromatic rings. The Bertz CT molecular complexity index is 1090. The average molecular weight is 290 g/mol. The molecule has 0 aliphatic carbocycles. The van der Waals surface area contributed by atoms with Gasteiger partial charge in [-0.15, -0.1) is 0 Å². The van der Waals surface area contributed by atoms with Crippen LogP contribution >= 0.6 is 15.9 Å². The smallest absolute Gasteiger partial charge is 0.0610 e. The van der Waals surface area contributed by atoms with Crippen LogP contribution in [0.4, 0.5) is 0 Å². The average Bonchev–Trinajstić information content (AvgIpc) is 2.60. The van der Waals surface area contributed by atoms with E-state index in [1.807, 2.05) is 0 Å². The molecule has 0 bridgehead atoms. The second-order valence-electron chi connectivity index (χ2n) is 3.69. The molecule has 0 aliphatic heterocycles. The molecule has 0 heterocycles. The van der Waals surface area contributed by atoms with Crippen molar-refractivity contribution >= 4 is 48.2 Å². The minimum absolute atomic E-state index is 0.0132. The Morgan fingerprint density at radius 3 is 2.24 bits per heavy atom. The SMILES string of the molecule is [2H]c1c([2H])c2c([2H])c([2H])c3c([2H])c([2H])c([2H])c4c(Br)c([2H])c(c1[2H])c2c34. The molecule has 0 nitrogen and oxygen atoms in total. The van der Waals surface area contributed by atoms with Crippen LogP contribution in [0, 0.1) is 0 Å². The van der Waals surface area contributed by atoms with Crippen LogP contribution < -0.4 is 0 Å². The summed E-state index contributed by atoms with van der Waals surface area (Å²) in [5, 5.41) is 0.509. The molecule has 0 N–H and O–H groups in total. The van der Waals surface area contributed by atoms with Crippen molar-refractivity contribution in [2.75, 3.05) is 0 Å². The van der Waals surface area contributed by atoms with Crippen molar-refractivity contribution in [3.63, 3.8) is 0 Å². The van der Waals surface area contributed by atoms with Crippen LogP contribution in [0.15, 0.2) is 58.9 Å². The molecule has 0 atom stereocenters. The second-order valence-corrected chi connectivity index (χ2v) is 4.48. The van der Waals surface area contributed by atoms with Crippen molar-refractivity contribution in [2.24, 2.45) is 0 Å². The van der Waals surface area contributed by atoms with Gasteiger partial charge in [-0.2, -0.15) is 0 Å². The van der Waals surface area contributed by atoms with E-state index in [4.69, 9.17) is 12.3 Å². The lowest BCUT2D eigenvalue weighted by molar-refractivity contribution is 1.75. The largest absolute Gasteiger partial charge is 0.0641 e. The maximum Gasteiger partial charge on any atom is 0.0641 e. The molecule has 0 saturated heterocycles. The first-order chi connectivity index (χ1) is 12.1. The Kier molecular flexibility index (Phi) is 0.802. The number of halogens is 1. The first-order valence-corrected chi connectivity index (χ1v) is 5.73. The van der Waals surface area contributed by atoms with E-state index in [9.17, 15) is 0 Å². The van der Waals surface area contributed by atoms with Gasteiger partial charge in [-0.3, -0.25) is 0 Å². The highest BCUT2D eigenvalue weighted by molar-refractivity contribution is 9.10. The van der Waals surface area contributed by atoms with Gasteiger partial charge in [-0.25, -0.2) is 0 Å². The van der Waals surface area contributed by atoms with Crippen molar-refractivity contribution in [3.05, 3.63) is 58.9 Å². The Labute approximate surface area is 120 Å². The van der Waals surface area contributed by atoms with E-state index in [-0.39, 0.29) is 79.1 Å². The van der Waals surface area contributed by atoms with Gasteiger partial charge < -0.3 is 0 Å². The molecule has 0 aliphatic rings. The van der Waals surface area contributed by atoms with E-state index in [2.05, 4.69) is 15.9 Å². The molecule has 0 radical (unpaired) electrons. The van der Waals surface area contributed by atoms with Crippen LogP contribution in [0.5, 0.6) is 0 Å². The lowest BCUT2D eigenvalue weighted by Gasteiger charge is -2.11. The van der Waals surface area contributed by atoms with Gasteiger partial charge in [0.25, 0.3) is 0 Å². The number of hydrogen-bond donors (Lipinski definition) is 0. The summed E-state index contributed by atoms with van der Waals surface area (Å²) in [7, 11) is 0. The first-order valence-electron chi connectivity index (χ1n) is 9.44. The minimum atomic E-state index is -0.442. The second kappa shape index (κ2) is 3.21. The summed E-state index contributed by atoms with van der Waals surface area (Å²) in [4.78, 5) is 0. The van der Waals surface area contributed by atoms with Crippen LogP contribution in [0.3, 0.4) is 0 Å². The van der Waals surface area contributed by atoms with Crippen LogP contribution in [-0.4, -0.2) is 0 Å². The predicted octanol–water partition coefficient (Wildman–Crippen LogP) is 5.35. The summed E-state index contributed by atoms with van der Waals surface area (Å²) < 4.78 is 73.8. The van der Waals surface area contributed by atoms with E-state index in [1.165, 1.54) is 0 Å². The van der Waals surface area contributed by atoms with Gasteiger partial charge in [0.15, 0.2) is 0 Å². The maximum absolute atomic E-state index is 8.38. The van der Waals surface area contributed by atoms with Gasteiger partial charge in [-0.1, -0.05) is 64.3 Å². The summed E-state index contributed by atoms with van der Waals surface area (Å²) in [6.45, 7) is 0. The molecule has 0 amide bonds. The zero-order valence-electron chi connectivity index (χ0n) is 17.4. The third-order valence-electron chi connectivity index (χ3n) is 2.77. The lowest BCUT2D eigenvalue weighted by atomic mass is 9.94. The summed E-state index contributed by atoms with van der Waals surface area (Å²) >= 11 is 3.24. The normalized spacial score (nSPS) is 19.2. The molecule has 80 valence electrons. The zero-order chi connectivity index (χ0) is 19.2. The van der Waals surface area contributed by atoms with Crippen molar-refractivity contribution in [3.8, 4) is 0 Å². The lowest BCUT2D eigenvalue weighted by Crippen LogP contribution is -1.84. The molecule has 0 saturated carbocycles. The van der Waals surface area contributed by atoms with E-state index in [1.54, 1.807) is 0 Å². The summed E-state index contributed by atoms with van der Waals surface area (Å²) in [6.07, 6.45) is 0. The Balaban J connectivity index is 2.63. The molecule has 1 heteroatoms. The highest BCUT2D eigenvalue weighted by Gasteiger charge is 2.09. The number of benzene rings is 4. The molecule has 0 aromatic heterocycles. The van der Waals surface area contributed by atoms with Gasteiger partial charge >= 0.3 is 0 Å². The Hall–Kier alpha value is -1.60. The van der Waals surface area contributed by atoms with Gasteiger partial charge in [0.1, 0.15) is 0 Å². The first kappa shape index (κ1) is 4.25. The van der Waals surface area contributed by atoms with Gasteiger partial charge in [-0.05, 0) is 38.4 Å². The third kappa shape index (κ3) is 1.18. The summed E-state index contributed by atoms with van der Waals surface area (Å²) in [5.74, 6) is 0. The third-order valence-corrected chi connectivity index (χ3v) is 3.36. The standard InChI is InChI=1S/C16H9Br/c17-14-9-12-5-1-3-10-7-8-11-4-2-6-13(14)16(11)15(10)12/h1-9H/i1D,2D,3D,4D,5D,6D,7D,8D,9D. The fraction of sp³-hybridized carbons (Fsp3) is 0. The van der Waals surface area contributed by atoms with E-state index in [0.717, 1.165) is 0 Å². The van der Waals surface area contributed by atoms with Gasteiger partial charge in [0.05, 0.1) is 12.3 Å². The topological polar surface area (TPSA) is 0 Å². The fourth-order valence-electron chi connectivity index (χ4n) is 2.06. The highest BCUT2D eigenvalue weighted by atomic mass is 79.9. The van der Waals surface area contributed by atoms with Crippen molar-refractivity contribution < 1.29 is 12.3 Å². The molecule has 4 rings (SSSR count). The molecule has 0 unspecified atom stereocenters.